The van der Waals surface area contributed by atoms with Crippen LogP contribution in [-0.4, -0.2) is 41.1 Å². The molecule has 0 amide bonds. The van der Waals surface area contributed by atoms with Crippen LogP contribution < -0.4 is 0 Å². The summed E-state index contributed by atoms with van der Waals surface area (Å²) in [7, 11) is 3.45. The third-order valence-corrected chi connectivity index (χ3v) is 3.30. The Labute approximate surface area is 103 Å². The van der Waals surface area contributed by atoms with Crippen LogP contribution in [0.15, 0.2) is 0 Å². The van der Waals surface area contributed by atoms with Crippen molar-refractivity contribution in [2.24, 2.45) is 0 Å². The Hall–Kier alpha value is 0.160. The maximum absolute atomic E-state index is 10.6. The molecule has 0 bridgehead atoms. The van der Waals surface area contributed by atoms with Crippen LogP contribution in [0.1, 0.15) is 32.1 Å². The molecule has 0 heterocycles. The molecule has 0 spiro atoms. The van der Waals surface area contributed by atoms with Crippen LogP contribution in [0.4, 0.5) is 0 Å². The SMILES string of the molecule is COCCCOCCCCCCS(=O)(=O)Cl. The standard InChI is InChI=1S/C10H21ClO4S/c1-14-7-6-9-15-8-4-2-3-5-10-16(11,12)13/h2-10H2,1H3. The average molecular weight is 273 g/mol. The Morgan fingerprint density at radius 2 is 1.56 bits per heavy atom. The predicted molar refractivity (Wildman–Crippen MR) is 65.4 cm³/mol. The molecule has 0 aliphatic rings. The van der Waals surface area contributed by atoms with Gasteiger partial charge >= 0.3 is 0 Å². The highest BCUT2D eigenvalue weighted by molar-refractivity contribution is 8.13. The minimum absolute atomic E-state index is 0.0727. The molecule has 0 aromatic heterocycles. The van der Waals surface area contributed by atoms with E-state index in [0.717, 1.165) is 45.5 Å². The molecule has 0 N–H and O–H groups in total. The molecule has 0 unspecified atom stereocenters. The first kappa shape index (κ1) is 16.2. The van der Waals surface area contributed by atoms with Crippen molar-refractivity contribution >= 4 is 19.7 Å². The summed E-state index contributed by atoms with van der Waals surface area (Å²) >= 11 is 0. The molecule has 0 rings (SSSR count). The fraction of sp³-hybridized carbons (Fsp3) is 1.00. The summed E-state index contributed by atoms with van der Waals surface area (Å²) in [6.07, 6.45) is 4.38. The first-order valence-corrected chi connectivity index (χ1v) is 8.03. The smallest absolute Gasteiger partial charge is 0.232 e. The lowest BCUT2D eigenvalue weighted by molar-refractivity contribution is 0.100. The first-order chi connectivity index (χ1) is 7.56. The molecule has 6 heteroatoms. The molecule has 16 heavy (non-hydrogen) atoms. The van der Waals surface area contributed by atoms with Crippen LogP contribution in [0.3, 0.4) is 0 Å². The van der Waals surface area contributed by atoms with Crippen LogP contribution in [0.5, 0.6) is 0 Å². The van der Waals surface area contributed by atoms with Crippen molar-refractivity contribution in [3.63, 3.8) is 0 Å². The number of halogens is 1. The highest BCUT2D eigenvalue weighted by Crippen LogP contribution is 2.05. The average Bonchev–Trinajstić information content (AvgIpc) is 2.19. The second-order valence-corrected chi connectivity index (χ2v) is 6.51. The van der Waals surface area contributed by atoms with E-state index in [0.29, 0.717) is 6.42 Å². The Morgan fingerprint density at radius 3 is 2.19 bits per heavy atom. The monoisotopic (exact) mass is 272 g/mol. The zero-order valence-electron chi connectivity index (χ0n) is 9.78. The molecule has 0 saturated heterocycles. The minimum Gasteiger partial charge on any atom is -0.385 e. The van der Waals surface area contributed by atoms with Crippen molar-refractivity contribution in [3.8, 4) is 0 Å². The molecular formula is C10H21ClO4S. The fourth-order valence-corrected chi connectivity index (χ4v) is 2.12. The van der Waals surface area contributed by atoms with Gasteiger partial charge in [-0.1, -0.05) is 12.8 Å². The zero-order chi connectivity index (χ0) is 12.3. The van der Waals surface area contributed by atoms with Gasteiger partial charge in [-0.15, -0.1) is 0 Å². The van der Waals surface area contributed by atoms with E-state index in [-0.39, 0.29) is 5.75 Å². The lowest BCUT2D eigenvalue weighted by Gasteiger charge is -2.03. The molecule has 0 atom stereocenters. The van der Waals surface area contributed by atoms with Gasteiger partial charge in [-0.05, 0) is 19.3 Å². The Morgan fingerprint density at radius 1 is 0.938 bits per heavy atom. The molecule has 0 saturated carbocycles. The Balaban J connectivity index is 3.05. The minimum atomic E-state index is -3.30. The van der Waals surface area contributed by atoms with E-state index < -0.39 is 9.05 Å². The molecule has 0 aliphatic heterocycles. The first-order valence-electron chi connectivity index (χ1n) is 5.55. The molecule has 0 aliphatic carbocycles. The van der Waals surface area contributed by atoms with Gasteiger partial charge in [-0.3, -0.25) is 0 Å². The molecule has 0 radical (unpaired) electrons. The van der Waals surface area contributed by atoms with Gasteiger partial charge in [0.1, 0.15) is 0 Å². The normalized spacial score (nSPS) is 11.9. The number of methoxy groups -OCH3 is 1. The van der Waals surface area contributed by atoms with Crippen LogP contribution in [0.2, 0.25) is 0 Å². The molecule has 98 valence electrons. The molecule has 0 aromatic rings. The number of ether oxygens (including phenoxy) is 2. The van der Waals surface area contributed by atoms with Gasteiger partial charge < -0.3 is 9.47 Å². The van der Waals surface area contributed by atoms with Crippen molar-refractivity contribution in [3.05, 3.63) is 0 Å². The van der Waals surface area contributed by atoms with Crippen LogP contribution in [0, 0.1) is 0 Å². The molecule has 0 aromatic carbocycles. The summed E-state index contributed by atoms with van der Waals surface area (Å²) in [5, 5.41) is 0. The van der Waals surface area contributed by atoms with Crippen LogP contribution >= 0.6 is 10.7 Å². The van der Waals surface area contributed by atoms with Gasteiger partial charge in [0.2, 0.25) is 9.05 Å². The van der Waals surface area contributed by atoms with E-state index in [1.54, 1.807) is 7.11 Å². The number of hydrogen-bond donors (Lipinski definition) is 0. The zero-order valence-corrected chi connectivity index (χ0v) is 11.4. The summed E-state index contributed by atoms with van der Waals surface area (Å²) in [6, 6.07) is 0. The fourth-order valence-electron chi connectivity index (χ4n) is 1.24. The molecule has 0 fully saturated rings. The van der Waals surface area contributed by atoms with Gasteiger partial charge in [0.05, 0.1) is 5.75 Å². The summed E-state index contributed by atoms with van der Waals surface area (Å²) < 4.78 is 31.4. The quantitative estimate of drug-likeness (QED) is 0.427. The maximum atomic E-state index is 10.6. The van der Waals surface area contributed by atoms with E-state index in [1.807, 2.05) is 0 Å². The molecular weight excluding hydrogens is 252 g/mol. The molecule has 4 nitrogen and oxygen atoms in total. The number of rotatable bonds is 11. The van der Waals surface area contributed by atoms with Gasteiger partial charge in [-0.25, -0.2) is 8.42 Å². The highest BCUT2D eigenvalue weighted by atomic mass is 35.7. The Kier molecular flexibility index (Phi) is 10.4. The summed E-state index contributed by atoms with van der Waals surface area (Å²) in [6.45, 7) is 2.19. The van der Waals surface area contributed by atoms with Crippen LogP contribution in [0.25, 0.3) is 0 Å². The van der Waals surface area contributed by atoms with E-state index in [1.165, 1.54) is 0 Å². The Bertz CT molecular complexity index is 241. The van der Waals surface area contributed by atoms with Gasteiger partial charge in [0.15, 0.2) is 0 Å². The van der Waals surface area contributed by atoms with E-state index in [9.17, 15) is 8.42 Å². The van der Waals surface area contributed by atoms with Gasteiger partial charge in [-0.2, -0.15) is 0 Å². The number of unbranched alkanes of at least 4 members (excludes halogenated alkanes) is 3. The van der Waals surface area contributed by atoms with Crippen molar-refractivity contribution < 1.29 is 17.9 Å². The topological polar surface area (TPSA) is 52.6 Å². The summed E-state index contributed by atoms with van der Waals surface area (Å²) in [4.78, 5) is 0. The van der Waals surface area contributed by atoms with Crippen molar-refractivity contribution in [2.45, 2.75) is 32.1 Å². The maximum Gasteiger partial charge on any atom is 0.232 e. The van der Waals surface area contributed by atoms with Gasteiger partial charge in [0, 0.05) is 37.6 Å². The third-order valence-electron chi connectivity index (χ3n) is 2.06. The predicted octanol–water partition coefficient (Wildman–Crippen LogP) is 2.17. The highest BCUT2D eigenvalue weighted by Gasteiger charge is 2.03. The third kappa shape index (κ3) is 14.2. The lowest BCUT2D eigenvalue weighted by atomic mass is 10.2. The van der Waals surface area contributed by atoms with E-state index in [2.05, 4.69) is 0 Å². The summed E-state index contributed by atoms with van der Waals surface area (Å²) in [5.41, 5.74) is 0. The largest absolute Gasteiger partial charge is 0.385 e. The second kappa shape index (κ2) is 10.3. The second-order valence-electron chi connectivity index (χ2n) is 3.62. The summed E-state index contributed by atoms with van der Waals surface area (Å²) in [5.74, 6) is 0.0727. The van der Waals surface area contributed by atoms with Crippen LogP contribution in [-0.2, 0) is 18.5 Å². The lowest BCUT2D eigenvalue weighted by Crippen LogP contribution is -2.01. The van der Waals surface area contributed by atoms with Crippen molar-refractivity contribution in [1.82, 2.24) is 0 Å². The van der Waals surface area contributed by atoms with E-state index in [4.69, 9.17) is 20.2 Å². The number of hydrogen-bond acceptors (Lipinski definition) is 4. The van der Waals surface area contributed by atoms with Gasteiger partial charge in [0.25, 0.3) is 0 Å². The van der Waals surface area contributed by atoms with Crippen molar-refractivity contribution in [1.29, 1.82) is 0 Å². The van der Waals surface area contributed by atoms with E-state index >= 15 is 0 Å². The van der Waals surface area contributed by atoms with Crippen molar-refractivity contribution in [2.75, 3.05) is 32.7 Å².